The Balaban J connectivity index is 1.14. The first-order chi connectivity index (χ1) is 14.7. The van der Waals surface area contributed by atoms with Crippen molar-refractivity contribution in [1.82, 2.24) is 15.1 Å². The summed E-state index contributed by atoms with van der Waals surface area (Å²) >= 11 is 5.65. The number of carbonyl (C=O) groups is 1. The molecule has 1 aromatic carbocycles. The standard InChI is InChI=1S/C24H31N3O2S/c28-24-27(22-20-9-5-4-8-18(20)16-21(22)29-24)19-11-14-26(15-12-19)23(30)25-13-10-17-6-2-1-3-7-17/h4-6,8-9,19,21-22H,1-3,7,10-16H2,(H,25,30)/t21-,22+/m1/s1. The maximum Gasteiger partial charge on any atom is 0.411 e. The highest BCUT2D eigenvalue weighted by molar-refractivity contribution is 7.80. The number of nitrogens with zero attached hydrogens (tertiary/aromatic N) is 2. The molecule has 4 aliphatic rings. The minimum Gasteiger partial charge on any atom is -0.443 e. The summed E-state index contributed by atoms with van der Waals surface area (Å²) < 4.78 is 5.75. The smallest absolute Gasteiger partial charge is 0.411 e. The number of allylic oxidation sites excluding steroid dienone is 1. The second-order valence-corrected chi connectivity index (χ2v) is 9.37. The van der Waals surface area contributed by atoms with Crippen molar-refractivity contribution in [2.24, 2.45) is 0 Å². The first-order valence-electron chi connectivity index (χ1n) is 11.5. The summed E-state index contributed by atoms with van der Waals surface area (Å²) in [6.07, 6.45) is 11.2. The zero-order valence-corrected chi connectivity index (χ0v) is 18.3. The van der Waals surface area contributed by atoms with Crippen LogP contribution < -0.4 is 5.32 Å². The van der Waals surface area contributed by atoms with Crippen LogP contribution in [0.2, 0.25) is 0 Å². The molecule has 0 aromatic heterocycles. The lowest BCUT2D eigenvalue weighted by atomic mass is 9.97. The molecule has 2 fully saturated rings. The number of rotatable bonds is 4. The molecule has 0 bridgehead atoms. The van der Waals surface area contributed by atoms with Crippen molar-refractivity contribution in [2.75, 3.05) is 19.6 Å². The third-order valence-corrected chi connectivity index (χ3v) is 7.56. The van der Waals surface area contributed by atoms with Gasteiger partial charge in [0.1, 0.15) is 6.10 Å². The molecule has 2 aliphatic carbocycles. The first-order valence-corrected chi connectivity index (χ1v) is 11.9. The average Bonchev–Trinajstić information content (AvgIpc) is 3.29. The van der Waals surface area contributed by atoms with E-state index < -0.39 is 0 Å². The number of benzene rings is 1. The summed E-state index contributed by atoms with van der Waals surface area (Å²) in [7, 11) is 0. The summed E-state index contributed by atoms with van der Waals surface area (Å²) in [5.41, 5.74) is 4.17. The number of piperidine rings is 1. The highest BCUT2D eigenvalue weighted by Crippen LogP contribution is 2.44. The minimum atomic E-state index is -0.139. The van der Waals surface area contributed by atoms with Crippen LogP contribution >= 0.6 is 12.2 Å². The van der Waals surface area contributed by atoms with E-state index in [-0.39, 0.29) is 24.3 Å². The van der Waals surface area contributed by atoms with Crippen LogP contribution in [-0.2, 0) is 11.2 Å². The van der Waals surface area contributed by atoms with Crippen molar-refractivity contribution >= 4 is 23.4 Å². The van der Waals surface area contributed by atoms with Crippen LogP contribution in [0, 0.1) is 0 Å². The molecule has 2 heterocycles. The predicted molar refractivity (Wildman–Crippen MR) is 121 cm³/mol. The van der Waals surface area contributed by atoms with Crippen LogP contribution in [0.5, 0.6) is 0 Å². The average molecular weight is 426 g/mol. The molecule has 2 saturated heterocycles. The van der Waals surface area contributed by atoms with Crippen LogP contribution in [0.25, 0.3) is 0 Å². The topological polar surface area (TPSA) is 44.8 Å². The summed E-state index contributed by atoms with van der Waals surface area (Å²) in [5, 5.41) is 4.31. The van der Waals surface area contributed by atoms with Gasteiger partial charge in [-0.1, -0.05) is 35.9 Å². The van der Waals surface area contributed by atoms with E-state index in [4.69, 9.17) is 17.0 Å². The third-order valence-electron chi connectivity index (χ3n) is 7.16. The largest absolute Gasteiger partial charge is 0.443 e. The molecule has 5 nitrogen and oxygen atoms in total. The van der Waals surface area contributed by atoms with E-state index in [1.165, 1.54) is 36.8 Å². The third kappa shape index (κ3) is 3.82. The molecule has 160 valence electrons. The van der Waals surface area contributed by atoms with Crippen molar-refractivity contribution in [3.8, 4) is 0 Å². The van der Waals surface area contributed by atoms with E-state index >= 15 is 0 Å². The molecule has 2 atom stereocenters. The highest BCUT2D eigenvalue weighted by Gasteiger charge is 2.50. The van der Waals surface area contributed by atoms with E-state index in [0.717, 1.165) is 50.4 Å². The fourth-order valence-electron chi connectivity index (χ4n) is 5.57. The number of nitrogens with one attached hydrogen (secondary N) is 1. The van der Waals surface area contributed by atoms with Crippen molar-refractivity contribution in [3.05, 3.63) is 47.0 Å². The van der Waals surface area contributed by atoms with Gasteiger partial charge in [-0.2, -0.15) is 0 Å². The number of amides is 1. The molecule has 0 spiro atoms. The zero-order chi connectivity index (χ0) is 20.5. The lowest BCUT2D eigenvalue weighted by molar-refractivity contribution is 0.118. The quantitative estimate of drug-likeness (QED) is 0.575. The summed E-state index contributed by atoms with van der Waals surface area (Å²) in [4.78, 5) is 16.9. The molecule has 2 aliphatic heterocycles. The molecule has 1 aromatic rings. The van der Waals surface area contributed by atoms with Crippen molar-refractivity contribution < 1.29 is 9.53 Å². The van der Waals surface area contributed by atoms with E-state index in [0.29, 0.717) is 0 Å². The molecule has 0 saturated carbocycles. The number of ether oxygens (including phenoxy) is 1. The SMILES string of the molecule is O=C1O[C@@H]2Cc3ccccc3[C@@H]2N1C1CCN(C(=S)NCCC2=CCCCC2)CC1. The van der Waals surface area contributed by atoms with Crippen LogP contribution in [0.4, 0.5) is 4.79 Å². The van der Waals surface area contributed by atoms with E-state index in [1.807, 2.05) is 4.90 Å². The Morgan fingerprint density at radius 3 is 2.83 bits per heavy atom. The molecular weight excluding hydrogens is 394 g/mol. The summed E-state index contributed by atoms with van der Waals surface area (Å²) in [5.74, 6) is 0. The van der Waals surface area contributed by atoms with Crippen molar-refractivity contribution in [2.45, 2.75) is 69.6 Å². The molecule has 0 radical (unpaired) electrons. The number of hydrogen-bond acceptors (Lipinski definition) is 3. The number of carbonyl (C=O) groups excluding carboxylic acids is 1. The van der Waals surface area contributed by atoms with Gasteiger partial charge in [-0.25, -0.2) is 4.79 Å². The fourth-order valence-corrected chi connectivity index (χ4v) is 5.86. The Morgan fingerprint density at radius 2 is 2.03 bits per heavy atom. The number of fused-ring (bicyclic) bond motifs is 3. The van der Waals surface area contributed by atoms with Crippen LogP contribution in [0.15, 0.2) is 35.9 Å². The number of likely N-dealkylation sites (tertiary alicyclic amines) is 1. The van der Waals surface area contributed by atoms with Gasteiger partial charge in [0.05, 0.1) is 6.04 Å². The zero-order valence-electron chi connectivity index (χ0n) is 17.5. The highest BCUT2D eigenvalue weighted by atomic mass is 32.1. The van der Waals surface area contributed by atoms with Gasteiger partial charge in [-0.15, -0.1) is 0 Å². The van der Waals surface area contributed by atoms with Crippen LogP contribution in [0.1, 0.15) is 62.1 Å². The first kappa shape index (κ1) is 19.9. The van der Waals surface area contributed by atoms with E-state index in [1.54, 1.807) is 5.57 Å². The van der Waals surface area contributed by atoms with Gasteiger partial charge >= 0.3 is 6.09 Å². The Labute approximate surface area is 184 Å². The molecule has 0 unspecified atom stereocenters. The Morgan fingerprint density at radius 1 is 1.20 bits per heavy atom. The van der Waals surface area contributed by atoms with Gasteiger partial charge in [-0.05, 0) is 68.3 Å². The lowest BCUT2D eigenvalue weighted by Crippen LogP contribution is -2.50. The molecule has 1 amide bonds. The molecule has 1 N–H and O–H groups in total. The lowest BCUT2D eigenvalue weighted by Gasteiger charge is -2.39. The minimum absolute atomic E-state index is 0.0234. The van der Waals surface area contributed by atoms with Crippen LogP contribution in [0.3, 0.4) is 0 Å². The molecule has 6 heteroatoms. The van der Waals surface area contributed by atoms with Gasteiger partial charge in [-0.3, -0.25) is 4.90 Å². The molecular formula is C24H31N3O2S. The number of thiocarbonyl (C=S) groups is 1. The maximum atomic E-state index is 12.7. The van der Waals surface area contributed by atoms with Gasteiger partial charge in [0.2, 0.25) is 0 Å². The van der Waals surface area contributed by atoms with E-state index in [9.17, 15) is 4.79 Å². The van der Waals surface area contributed by atoms with Gasteiger partial charge < -0.3 is 15.0 Å². The number of hydrogen-bond donors (Lipinski definition) is 1. The van der Waals surface area contributed by atoms with Crippen molar-refractivity contribution in [1.29, 1.82) is 0 Å². The second-order valence-electron chi connectivity index (χ2n) is 8.99. The second kappa shape index (κ2) is 8.58. The summed E-state index contributed by atoms with van der Waals surface area (Å²) in [6.45, 7) is 2.70. The molecule has 30 heavy (non-hydrogen) atoms. The molecule has 5 rings (SSSR count). The van der Waals surface area contributed by atoms with Crippen LogP contribution in [-0.4, -0.2) is 52.8 Å². The van der Waals surface area contributed by atoms with E-state index in [2.05, 4.69) is 40.6 Å². The monoisotopic (exact) mass is 425 g/mol. The normalized spacial score (nSPS) is 26.1. The van der Waals surface area contributed by atoms with Gasteiger partial charge in [0.25, 0.3) is 0 Å². The Kier molecular flexibility index (Phi) is 5.68. The fraction of sp³-hybridized carbons (Fsp3) is 0.583. The Hall–Kier alpha value is -2.08. The van der Waals surface area contributed by atoms with Gasteiger partial charge in [0, 0.05) is 32.1 Å². The predicted octanol–water partition coefficient (Wildman–Crippen LogP) is 4.33. The summed E-state index contributed by atoms with van der Waals surface area (Å²) in [6, 6.07) is 8.77. The van der Waals surface area contributed by atoms with Crippen molar-refractivity contribution in [3.63, 3.8) is 0 Å². The maximum absolute atomic E-state index is 12.7. The van der Waals surface area contributed by atoms with Gasteiger partial charge in [0.15, 0.2) is 5.11 Å². The Bertz CT molecular complexity index is 847.